The summed E-state index contributed by atoms with van der Waals surface area (Å²) in [6.07, 6.45) is 3.07. The first kappa shape index (κ1) is 22.7. The molecule has 0 aliphatic carbocycles. The van der Waals surface area contributed by atoms with E-state index in [-0.39, 0.29) is 29.1 Å². The molecule has 0 unspecified atom stereocenters. The number of thioether (sulfide) groups is 1. The summed E-state index contributed by atoms with van der Waals surface area (Å²) < 4.78 is 1.50. The number of nitrogens with zero attached hydrogens (tertiary/aromatic N) is 3. The minimum Gasteiger partial charge on any atom is -0.341 e. The molecule has 0 N–H and O–H groups in total. The average Bonchev–Trinajstić information content (AvgIpc) is 3.24. The van der Waals surface area contributed by atoms with Gasteiger partial charge in [-0.1, -0.05) is 48.5 Å². The highest BCUT2D eigenvalue weighted by atomic mass is 35.5. The molecule has 2 saturated heterocycles. The number of carbonyl (C=O) groups excluding carboxylic acids is 3. The van der Waals surface area contributed by atoms with Crippen LogP contribution in [0.1, 0.15) is 38.0 Å². The molecule has 1 aromatic carbocycles. The lowest BCUT2D eigenvalue weighted by Gasteiger charge is -2.36. The van der Waals surface area contributed by atoms with Crippen molar-refractivity contribution in [2.75, 3.05) is 18.0 Å². The Hall–Kier alpha value is -2.10. The van der Waals surface area contributed by atoms with Gasteiger partial charge in [0.25, 0.3) is 0 Å². The first-order chi connectivity index (χ1) is 15.7. The van der Waals surface area contributed by atoms with Crippen LogP contribution >= 0.6 is 34.7 Å². The van der Waals surface area contributed by atoms with Crippen LogP contribution in [0.2, 0.25) is 5.02 Å². The highest BCUT2D eigenvalue weighted by molar-refractivity contribution is 8.00. The third-order valence-corrected chi connectivity index (χ3v) is 9.87. The van der Waals surface area contributed by atoms with Crippen molar-refractivity contribution in [2.24, 2.45) is 5.92 Å². The molecule has 2 fully saturated rings. The maximum Gasteiger partial charge on any atom is 0.308 e. The molecule has 2 aromatic rings. The molecule has 0 bridgehead atoms. The van der Waals surface area contributed by atoms with Crippen molar-refractivity contribution in [3.63, 3.8) is 0 Å². The summed E-state index contributed by atoms with van der Waals surface area (Å²) in [5.74, 6) is -1.24. The van der Waals surface area contributed by atoms with Gasteiger partial charge in [-0.25, -0.2) is 4.90 Å². The summed E-state index contributed by atoms with van der Waals surface area (Å²) in [6.45, 7) is 5.21. The number of anilines is 1. The van der Waals surface area contributed by atoms with E-state index < -0.39 is 16.6 Å². The molecule has 3 aliphatic heterocycles. The zero-order valence-electron chi connectivity index (χ0n) is 18.4. The van der Waals surface area contributed by atoms with Gasteiger partial charge in [0.2, 0.25) is 17.7 Å². The number of imide groups is 1. The third-order valence-electron chi connectivity index (χ3n) is 6.79. The first-order valence-electron chi connectivity index (χ1n) is 11.0. The molecule has 10 heteroatoms. The number of hydrogen-bond donors (Lipinski definition) is 0. The van der Waals surface area contributed by atoms with Crippen molar-refractivity contribution in [1.29, 1.82) is 0 Å². The summed E-state index contributed by atoms with van der Waals surface area (Å²) in [5.41, 5.74) is -0.233. The van der Waals surface area contributed by atoms with E-state index >= 15 is 0 Å². The summed E-state index contributed by atoms with van der Waals surface area (Å²) in [6, 6.07) is 6.63. The van der Waals surface area contributed by atoms with Crippen molar-refractivity contribution in [3.8, 4) is 0 Å². The van der Waals surface area contributed by atoms with Gasteiger partial charge >= 0.3 is 4.87 Å². The molecular weight excluding hydrogens is 482 g/mol. The molecule has 33 heavy (non-hydrogen) atoms. The fourth-order valence-corrected chi connectivity index (χ4v) is 8.15. The second-order valence-electron chi connectivity index (χ2n) is 9.26. The number of piperidine rings is 1. The minimum absolute atomic E-state index is 0.0336. The second-order valence-corrected chi connectivity index (χ2v) is 11.8. The number of benzene rings is 1. The number of likely N-dealkylation sites (tertiary alicyclic amines) is 1. The topological polar surface area (TPSA) is 79.7 Å². The van der Waals surface area contributed by atoms with Gasteiger partial charge in [0.1, 0.15) is 11.8 Å². The van der Waals surface area contributed by atoms with Crippen molar-refractivity contribution in [1.82, 2.24) is 9.47 Å². The van der Waals surface area contributed by atoms with E-state index in [1.54, 1.807) is 24.3 Å². The SMILES string of the molecule is CC1(C)c2sc(=O)n(CC(=O)N3CCCCC3)c2S[C@@H]2C(=O)N(c3ccc(Cl)cc3)C(=O)[C@@H]21. The predicted molar refractivity (Wildman–Crippen MR) is 129 cm³/mol. The standard InChI is InChI=1S/C23H24ClN3O4S2/c1-23(2)16-17(20(30)27(19(16)29)14-8-6-13(24)7-9-14)32-21-18(23)33-22(31)26(21)12-15(28)25-10-4-3-5-11-25/h6-9,16-17H,3-5,10-12H2,1-2H3/t16-,17+/m1/s1. The van der Waals surface area contributed by atoms with E-state index in [0.717, 1.165) is 35.5 Å². The Kier molecular flexibility index (Phi) is 5.69. The van der Waals surface area contributed by atoms with Crippen LogP contribution in [0.5, 0.6) is 0 Å². The molecule has 0 spiro atoms. The van der Waals surface area contributed by atoms with Crippen LogP contribution in [0.3, 0.4) is 0 Å². The average molecular weight is 506 g/mol. The van der Waals surface area contributed by atoms with Gasteiger partial charge in [0, 0.05) is 28.4 Å². The Morgan fingerprint density at radius 2 is 1.73 bits per heavy atom. The molecule has 4 heterocycles. The quantitative estimate of drug-likeness (QED) is 0.596. The van der Waals surface area contributed by atoms with E-state index in [1.165, 1.54) is 21.2 Å². The van der Waals surface area contributed by atoms with Crippen LogP contribution in [0.4, 0.5) is 5.69 Å². The number of thiazole rings is 1. The van der Waals surface area contributed by atoms with Gasteiger partial charge < -0.3 is 4.90 Å². The Bertz CT molecular complexity index is 1200. The molecule has 3 amide bonds. The summed E-state index contributed by atoms with van der Waals surface area (Å²) in [4.78, 5) is 56.3. The number of fused-ring (bicyclic) bond motifs is 2. The molecule has 0 saturated carbocycles. The molecule has 0 radical (unpaired) electrons. The normalized spacial score (nSPS) is 24.1. The zero-order chi connectivity index (χ0) is 23.5. The van der Waals surface area contributed by atoms with Crippen molar-refractivity contribution in [2.45, 2.75) is 55.3 Å². The van der Waals surface area contributed by atoms with E-state index in [0.29, 0.717) is 28.8 Å². The minimum atomic E-state index is -0.720. The lowest BCUT2D eigenvalue weighted by atomic mass is 9.76. The molecular formula is C23H24ClN3O4S2. The van der Waals surface area contributed by atoms with Gasteiger partial charge in [0.05, 0.1) is 16.6 Å². The third kappa shape index (κ3) is 3.65. The van der Waals surface area contributed by atoms with E-state index in [4.69, 9.17) is 11.6 Å². The summed E-state index contributed by atoms with van der Waals surface area (Å²) >= 11 is 8.30. The highest BCUT2D eigenvalue weighted by Gasteiger charge is 2.59. The smallest absolute Gasteiger partial charge is 0.308 e. The number of amides is 3. The molecule has 7 nitrogen and oxygen atoms in total. The van der Waals surface area contributed by atoms with Crippen LogP contribution in [-0.4, -0.2) is 45.5 Å². The molecule has 2 atom stereocenters. The first-order valence-corrected chi connectivity index (χ1v) is 13.1. The molecule has 5 rings (SSSR count). The number of aromatic nitrogens is 1. The highest BCUT2D eigenvalue weighted by Crippen LogP contribution is 2.54. The molecule has 3 aliphatic rings. The number of rotatable bonds is 3. The van der Waals surface area contributed by atoms with Crippen LogP contribution in [0.15, 0.2) is 34.1 Å². The fraction of sp³-hybridized carbons (Fsp3) is 0.478. The maximum absolute atomic E-state index is 13.5. The van der Waals surface area contributed by atoms with Gasteiger partial charge in [-0.05, 0) is 43.5 Å². The number of halogens is 1. The Morgan fingerprint density at radius 1 is 1.06 bits per heavy atom. The lowest BCUT2D eigenvalue weighted by Crippen LogP contribution is -2.42. The molecule has 1 aromatic heterocycles. The van der Waals surface area contributed by atoms with E-state index in [1.807, 2.05) is 18.7 Å². The molecule has 174 valence electrons. The van der Waals surface area contributed by atoms with Crippen molar-refractivity contribution < 1.29 is 14.4 Å². The van der Waals surface area contributed by atoms with Crippen molar-refractivity contribution >= 4 is 58.1 Å². The fourth-order valence-electron chi connectivity index (χ4n) is 4.99. The number of carbonyl (C=O) groups is 3. The lowest BCUT2D eigenvalue weighted by molar-refractivity contribution is -0.133. The summed E-state index contributed by atoms with van der Waals surface area (Å²) in [7, 11) is 0. The van der Waals surface area contributed by atoms with Crippen LogP contribution in [0, 0.1) is 5.92 Å². The van der Waals surface area contributed by atoms with Crippen LogP contribution in [0.25, 0.3) is 0 Å². The Morgan fingerprint density at radius 3 is 2.39 bits per heavy atom. The second kappa shape index (κ2) is 8.29. The number of hydrogen-bond acceptors (Lipinski definition) is 6. The predicted octanol–water partition coefficient (Wildman–Crippen LogP) is 3.52. The van der Waals surface area contributed by atoms with Gasteiger partial charge in [-0.15, -0.1) is 0 Å². The monoisotopic (exact) mass is 505 g/mol. The van der Waals surface area contributed by atoms with Gasteiger partial charge in [-0.3, -0.25) is 23.7 Å². The largest absolute Gasteiger partial charge is 0.341 e. The van der Waals surface area contributed by atoms with Crippen LogP contribution < -0.4 is 9.77 Å². The van der Waals surface area contributed by atoms with Gasteiger partial charge in [0.15, 0.2) is 0 Å². The maximum atomic E-state index is 13.5. The van der Waals surface area contributed by atoms with E-state index in [2.05, 4.69) is 0 Å². The summed E-state index contributed by atoms with van der Waals surface area (Å²) in [5, 5.41) is 0.510. The van der Waals surface area contributed by atoms with Crippen molar-refractivity contribution in [3.05, 3.63) is 43.8 Å². The Balaban J connectivity index is 1.49. The van der Waals surface area contributed by atoms with E-state index in [9.17, 15) is 19.2 Å². The Labute approximate surface area is 204 Å². The van der Waals surface area contributed by atoms with Gasteiger partial charge in [-0.2, -0.15) is 0 Å². The van der Waals surface area contributed by atoms with Crippen LogP contribution in [-0.2, 0) is 26.3 Å². The zero-order valence-corrected chi connectivity index (χ0v) is 20.8.